The lowest BCUT2D eigenvalue weighted by atomic mass is 10.2. The minimum Gasteiger partial charge on any atom is -0.343 e. The molecule has 7 nitrogen and oxygen atoms in total. The first-order valence-electron chi connectivity index (χ1n) is 9.39. The Morgan fingerprint density at radius 2 is 2.03 bits per heavy atom. The standard InChI is InChI=1S/C19H26F3N3O4S/c1-14(2)12-24(3)18(26)13-29-23-16-7-9-25(10-8-16)30(27,28)17-6-4-5-15(11-17)19(20,21)22/h4-7,11,14,23H,8-10,12-13H2,1-3H3. The van der Waals surface area contributed by atoms with Gasteiger partial charge in [0.2, 0.25) is 10.0 Å². The van der Waals surface area contributed by atoms with E-state index in [1.54, 1.807) is 18.0 Å². The Hall–Kier alpha value is -2.11. The summed E-state index contributed by atoms with van der Waals surface area (Å²) >= 11 is 0. The van der Waals surface area contributed by atoms with Crippen LogP contribution in [0.5, 0.6) is 0 Å². The van der Waals surface area contributed by atoms with Gasteiger partial charge in [-0.25, -0.2) is 8.42 Å². The summed E-state index contributed by atoms with van der Waals surface area (Å²) in [5, 5.41) is 0. The van der Waals surface area contributed by atoms with Crippen molar-refractivity contribution in [1.29, 1.82) is 0 Å². The van der Waals surface area contributed by atoms with Crippen LogP contribution in [0.25, 0.3) is 0 Å². The molecule has 1 aliphatic heterocycles. The van der Waals surface area contributed by atoms with Gasteiger partial charge in [-0.15, -0.1) is 0 Å². The number of nitrogens with zero attached hydrogens (tertiary/aromatic N) is 2. The van der Waals surface area contributed by atoms with Gasteiger partial charge in [-0.2, -0.15) is 17.5 Å². The summed E-state index contributed by atoms with van der Waals surface area (Å²) < 4.78 is 65.0. The monoisotopic (exact) mass is 449 g/mol. The van der Waals surface area contributed by atoms with Gasteiger partial charge >= 0.3 is 6.18 Å². The molecule has 1 aromatic carbocycles. The van der Waals surface area contributed by atoms with E-state index in [9.17, 15) is 26.4 Å². The number of carbonyl (C=O) groups is 1. The summed E-state index contributed by atoms with van der Waals surface area (Å²) in [5.41, 5.74) is 2.23. The van der Waals surface area contributed by atoms with Gasteiger partial charge in [-0.1, -0.05) is 19.9 Å². The number of nitrogens with one attached hydrogen (secondary N) is 1. The second kappa shape index (κ2) is 9.80. The summed E-state index contributed by atoms with van der Waals surface area (Å²) in [4.78, 5) is 18.3. The molecule has 0 atom stereocenters. The van der Waals surface area contributed by atoms with Crippen molar-refractivity contribution in [2.45, 2.75) is 31.3 Å². The fraction of sp³-hybridized carbons (Fsp3) is 0.526. The molecule has 0 saturated carbocycles. The highest BCUT2D eigenvalue weighted by Crippen LogP contribution is 2.31. The van der Waals surface area contributed by atoms with E-state index in [1.807, 2.05) is 13.8 Å². The van der Waals surface area contributed by atoms with Crippen molar-refractivity contribution in [2.75, 3.05) is 33.3 Å². The third-order valence-electron chi connectivity index (χ3n) is 4.43. The number of likely N-dealkylation sites (N-methyl/N-ethyl adjacent to an activating group) is 1. The number of hydroxylamine groups is 1. The minimum absolute atomic E-state index is 0.0224. The molecule has 0 radical (unpaired) electrons. The van der Waals surface area contributed by atoms with Crippen molar-refractivity contribution in [3.63, 3.8) is 0 Å². The molecular formula is C19H26F3N3O4S. The molecule has 30 heavy (non-hydrogen) atoms. The van der Waals surface area contributed by atoms with E-state index in [-0.39, 0.29) is 32.0 Å². The van der Waals surface area contributed by atoms with E-state index >= 15 is 0 Å². The number of amides is 1. The highest BCUT2D eigenvalue weighted by molar-refractivity contribution is 7.89. The van der Waals surface area contributed by atoms with Gasteiger partial charge in [0.1, 0.15) is 0 Å². The molecular weight excluding hydrogens is 423 g/mol. The Labute approximate surface area is 174 Å². The summed E-state index contributed by atoms with van der Waals surface area (Å²) in [6.45, 7) is 4.47. The van der Waals surface area contributed by atoms with Crippen LogP contribution >= 0.6 is 0 Å². The Morgan fingerprint density at radius 3 is 2.60 bits per heavy atom. The summed E-state index contributed by atoms with van der Waals surface area (Å²) in [6.07, 6.45) is -2.78. The fourth-order valence-corrected chi connectivity index (χ4v) is 4.32. The Bertz CT molecular complexity index is 885. The van der Waals surface area contributed by atoms with Crippen LogP contribution in [0.2, 0.25) is 0 Å². The van der Waals surface area contributed by atoms with E-state index in [0.717, 1.165) is 22.5 Å². The molecule has 1 aliphatic rings. The van der Waals surface area contributed by atoms with Crippen LogP contribution in [0, 0.1) is 5.92 Å². The number of alkyl halides is 3. The number of benzene rings is 1. The maximum Gasteiger partial charge on any atom is 0.416 e. The number of carbonyl (C=O) groups excluding carboxylic acids is 1. The maximum absolute atomic E-state index is 12.9. The first kappa shape index (κ1) is 24.2. The molecule has 1 aromatic rings. The molecule has 0 spiro atoms. The molecule has 0 bridgehead atoms. The Kier molecular flexibility index (Phi) is 7.89. The third-order valence-corrected chi connectivity index (χ3v) is 6.30. The average molecular weight is 449 g/mol. The topological polar surface area (TPSA) is 79.0 Å². The van der Waals surface area contributed by atoms with Crippen LogP contribution in [0.3, 0.4) is 0 Å². The lowest BCUT2D eigenvalue weighted by Crippen LogP contribution is -2.38. The highest BCUT2D eigenvalue weighted by atomic mass is 32.2. The van der Waals surface area contributed by atoms with Gasteiger partial charge in [-0.05, 0) is 30.2 Å². The van der Waals surface area contributed by atoms with Crippen LogP contribution in [0.4, 0.5) is 13.2 Å². The number of hydrogen-bond acceptors (Lipinski definition) is 5. The molecule has 1 N–H and O–H groups in total. The quantitative estimate of drug-likeness (QED) is 0.618. The normalized spacial score (nSPS) is 15.8. The van der Waals surface area contributed by atoms with Gasteiger partial charge < -0.3 is 4.90 Å². The van der Waals surface area contributed by atoms with Gasteiger partial charge in [0.25, 0.3) is 5.91 Å². The molecule has 0 saturated heterocycles. The van der Waals surface area contributed by atoms with Crippen molar-refractivity contribution in [3.8, 4) is 0 Å². The van der Waals surface area contributed by atoms with Gasteiger partial charge in [-0.3, -0.25) is 15.1 Å². The third kappa shape index (κ3) is 6.44. The summed E-state index contributed by atoms with van der Waals surface area (Å²) in [7, 11) is -2.38. The molecule has 0 fully saturated rings. The molecule has 0 aliphatic carbocycles. The van der Waals surface area contributed by atoms with Gasteiger partial charge in [0.05, 0.1) is 10.5 Å². The average Bonchev–Trinajstić information content (AvgIpc) is 2.67. The Morgan fingerprint density at radius 1 is 1.33 bits per heavy atom. The molecule has 1 amide bonds. The minimum atomic E-state index is -4.62. The van der Waals surface area contributed by atoms with Crippen molar-refractivity contribution in [2.24, 2.45) is 5.92 Å². The molecule has 168 valence electrons. The van der Waals surface area contributed by atoms with E-state index in [0.29, 0.717) is 24.2 Å². The van der Waals surface area contributed by atoms with Crippen molar-refractivity contribution in [3.05, 3.63) is 41.6 Å². The molecule has 1 heterocycles. The van der Waals surface area contributed by atoms with Crippen molar-refractivity contribution in [1.82, 2.24) is 14.7 Å². The first-order chi connectivity index (χ1) is 13.9. The predicted molar refractivity (Wildman–Crippen MR) is 104 cm³/mol. The van der Waals surface area contributed by atoms with Crippen molar-refractivity contribution < 1.29 is 31.2 Å². The van der Waals surface area contributed by atoms with Gasteiger partial charge in [0, 0.05) is 38.8 Å². The smallest absolute Gasteiger partial charge is 0.343 e. The van der Waals surface area contributed by atoms with Crippen LogP contribution in [-0.4, -0.2) is 56.8 Å². The van der Waals surface area contributed by atoms with E-state index in [4.69, 9.17) is 4.84 Å². The maximum atomic E-state index is 12.9. The second-order valence-electron chi connectivity index (χ2n) is 7.43. The summed E-state index contributed by atoms with van der Waals surface area (Å²) in [6, 6.07) is 3.68. The molecule has 0 aromatic heterocycles. The van der Waals surface area contributed by atoms with Crippen LogP contribution in [0.15, 0.2) is 40.9 Å². The number of hydrogen-bond donors (Lipinski definition) is 1. The largest absolute Gasteiger partial charge is 0.416 e. The van der Waals surface area contributed by atoms with E-state index in [2.05, 4.69) is 5.48 Å². The zero-order valence-electron chi connectivity index (χ0n) is 17.1. The second-order valence-corrected chi connectivity index (χ2v) is 9.36. The fourth-order valence-electron chi connectivity index (χ4n) is 2.89. The van der Waals surface area contributed by atoms with E-state index < -0.39 is 26.7 Å². The van der Waals surface area contributed by atoms with Crippen LogP contribution in [-0.2, 0) is 25.8 Å². The lowest BCUT2D eigenvalue weighted by molar-refractivity contribution is -0.138. The molecule has 0 unspecified atom stereocenters. The SMILES string of the molecule is CC(C)CN(C)C(=O)CONC1=CCN(S(=O)(=O)c2cccc(C(F)(F)F)c2)CC1. The first-order valence-corrected chi connectivity index (χ1v) is 10.8. The number of rotatable bonds is 8. The van der Waals surface area contributed by atoms with E-state index in [1.165, 1.54) is 0 Å². The zero-order chi connectivity index (χ0) is 22.5. The van der Waals surface area contributed by atoms with Crippen molar-refractivity contribution >= 4 is 15.9 Å². The van der Waals surface area contributed by atoms with Crippen LogP contribution < -0.4 is 5.48 Å². The Balaban J connectivity index is 1.93. The van der Waals surface area contributed by atoms with Crippen LogP contribution in [0.1, 0.15) is 25.8 Å². The van der Waals surface area contributed by atoms with Gasteiger partial charge in [0.15, 0.2) is 6.61 Å². The predicted octanol–water partition coefficient (Wildman–Crippen LogP) is 2.62. The molecule has 11 heteroatoms. The zero-order valence-corrected chi connectivity index (χ0v) is 17.9. The summed E-state index contributed by atoms with van der Waals surface area (Å²) in [5.74, 6) is 0.138. The number of sulfonamides is 1. The highest BCUT2D eigenvalue weighted by Gasteiger charge is 2.33. The number of halogens is 3. The molecule has 2 rings (SSSR count). The lowest BCUT2D eigenvalue weighted by Gasteiger charge is -2.26.